The van der Waals surface area contributed by atoms with E-state index < -0.39 is 0 Å². The Morgan fingerprint density at radius 2 is 2.00 bits per heavy atom. The Balaban J connectivity index is 2.65. The number of ether oxygens (including phenoxy) is 1. The molecule has 0 saturated carbocycles. The van der Waals surface area contributed by atoms with Crippen molar-refractivity contribution in [3.8, 4) is 0 Å². The van der Waals surface area contributed by atoms with Gasteiger partial charge in [0.25, 0.3) is 0 Å². The van der Waals surface area contributed by atoms with Crippen LogP contribution in [-0.4, -0.2) is 19.1 Å². The molecule has 0 aromatic carbocycles. The second-order valence-electron chi connectivity index (χ2n) is 6.14. The van der Waals surface area contributed by atoms with Crippen LogP contribution in [0.3, 0.4) is 0 Å². The van der Waals surface area contributed by atoms with Gasteiger partial charge in [-0.3, -0.25) is 10.1 Å². The van der Waals surface area contributed by atoms with Gasteiger partial charge < -0.3 is 4.74 Å². The molecule has 0 spiro atoms. The molecule has 1 heterocycles. The van der Waals surface area contributed by atoms with E-state index in [1.54, 1.807) is 11.3 Å². The molecule has 1 rings (SSSR count). The van der Waals surface area contributed by atoms with Crippen molar-refractivity contribution in [1.82, 2.24) is 5.32 Å². The number of methoxy groups -OCH3 is 1. The summed E-state index contributed by atoms with van der Waals surface area (Å²) in [6, 6.07) is 4.06. The molecule has 1 N–H and O–H groups in total. The van der Waals surface area contributed by atoms with Gasteiger partial charge in [0.1, 0.15) is 6.04 Å². The third-order valence-corrected chi connectivity index (χ3v) is 4.53. The molecule has 0 aliphatic carbocycles. The summed E-state index contributed by atoms with van der Waals surface area (Å²) in [5, 5.41) is 3.29. The van der Waals surface area contributed by atoms with Crippen molar-refractivity contribution in [2.45, 2.75) is 52.6 Å². The van der Waals surface area contributed by atoms with Crippen molar-refractivity contribution in [3.05, 3.63) is 21.9 Å². The summed E-state index contributed by atoms with van der Waals surface area (Å²) in [7, 11) is 1.43. The molecule has 4 heteroatoms. The highest BCUT2D eigenvalue weighted by molar-refractivity contribution is 7.12. The molecule has 0 aliphatic heterocycles. The molecule has 108 valence electrons. The minimum absolute atomic E-state index is 0.183. The minimum atomic E-state index is -0.245. The van der Waals surface area contributed by atoms with E-state index in [1.165, 1.54) is 16.9 Å². The van der Waals surface area contributed by atoms with Gasteiger partial charge in [-0.2, -0.15) is 0 Å². The SMILES string of the molecule is COC(=O)C(NCc1ccc(C(C)(C)C)s1)C(C)C. The first-order valence-electron chi connectivity index (χ1n) is 6.66. The van der Waals surface area contributed by atoms with Gasteiger partial charge in [-0.25, -0.2) is 0 Å². The molecule has 1 aromatic heterocycles. The molecular weight excluding hydrogens is 258 g/mol. The normalized spacial score (nSPS) is 13.6. The van der Waals surface area contributed by atoms with E-state index in [4.69, 9.17) is 4.74 Å². The van der Waals surface area contributed by atoms with Crippen LogP contribution in [0.2, 0.25) is 0 Å². The van der Waals surface area contributed by atoms with E-state index in [0.29, 0.717) is 6.54 Å². The molecule has 19 heavy (non-hydrogen) atoms. The van der Waals surface area contributed by atoms with Gasteiger partial charge in [0.05, 0.1) is 7.11 Å². The predicted molar refractivity (Wildman–Crippen MR) is 80.5 cm³/mol. The molecule has 0 saturated heterocycles. The summed E-state index contributed by atoms with van der Waals surface area (Å²) >= 11 is 1.80. The molecule has 0 fully saturated rings. The maximum Gasteiger partial charge on any atom is 0.323 e. The highest BCUT2D eigenvalue weighted by Gasteiger charge is 2.23. The van der Waals surface area contributed by atoms with E-state index >= 15 is 0 Å². The Morgan fingerprint density at radius 3 is 2.42 bits per heavy atom. The Labute approximate surface area is 120 Å². The minimum Gasteiger partial charge on any atom is -0.468 e. The fraction of sp³-hybridized carbons (Fsp3) is 0.667. The zero-order valence-corrected chi connectivity index (χ0v) is 13.6. The highest BCUT2D eigenvalue weighted by atomic mass is 32.1. The fourth-order valence-electron chi connectivity index (χ4n) is 1.80. The van der Waals surface area contributed by atoms with Crippen LogP contribution < -0.4 is 5.32 Å². The first-order valence-corrected chi connectivity index (χ1v) is 7.47. The topological polar surface area (TPSA) is 38.3 Å². The number of carbonyl (C=O) groups excluding carboxylic acids is 1. The molecule has 1 atom stereocenters. The molecule has 0 radical (unpaired) electrons. The Kier molecular flexibility index (Phi) is 5.56. The maximum absolute atomic E-state index is 11.7. The van der Waals surface area contributed by atoms with E-state index in [-0.39, 0.29) is 23.3 Å². The number of rotatable bonds is 5. The summed E-state index contributed by atoms with van der Waals surface area (Å²) in [5.41, 5.74) is 0.183. The molecule has 1 unspecified atom stereocenters. The molecular formula is C15H25NO2S. The van der Waals surface area contributed by atoms with Crippen molar-refractivity contribution < 1.29 is 9.53 Å². The summed E-state index contributed by atoms with van der Waals surface area (Å²) in [6.45, 7) is 11.4. The van der Waals surface area contributed by atoms with Gasteiger partial charge in [-0.05, 0) is 23.5 Å². The van der Waals surface area contributed by atoms with E-state index in [2.05, 4.69) is 38.2 Å². The van der Waals surface area contributed by atoms with Crippen molar-refractivity contribution in [1.29, 1.82) is 0 Å². The third-order valence-electron chi connectivity index (χ3n) is 3.02. The van der Waals surface area contributed by atoms with Gasteiger partial charge in [0, 0.05) is 16.3 Å². The second-order valence-corrected chi connectivity index (χ2v) is 7.31. The number of hydrogen-bond donors (Lipinski definition) is 1. The Morgan fingerprint density at radius 1 is 1.37 bits per heavy atom. The van der Waals surface area contributed by atoms with Crippen molar-refractivity contribution in [2.24, 2.45) is 5.92 Å². The van der Waals surface area contributed by atoms with Gasteiger partial charge in [-0.15, -0.1) is 11.3 Å². The number of hydrogen-bond acceptors (Lipinski definition) is 4. The smallest absolute Gasteiger partial charge is 0.323 e. The van der Waals surface area contributed by atoms with Gasteiger partial charge in [0.2, 0.25) is 0 Å². The average molecular weight is 283 g/mol. The lowest BCUT2D eigenvalue weighted by Crippen LogP contribution is -2.41. The summed E-state index contributed by atoms with van der Waals surface area (Å²) in [6.07, 6.45) is 0. The van der Waals surface area contributed by atoms with Crippen LogP contribution >= 0.6 is 11.3 Å². The highest BCUT2D eigenvalue weighted by Crippen LogP contribution is 2.29. The monoisotopic (exact) mass is 283 g/mol. The molecule has 3 nitrogen and oxygen atoms in total. The number of nitrogens with one attached hydrogen (secondary N) is 1. The zero-order valence-electron chi connectivity index (χ0n) is 12.7. The van der Waals surface area contributed by atoms with Crippen LogP contribution in [0.1, 0.15) is 44.4 Å². The van der Waals surface area contributed by atoms with Crippen LogP contribution in [0.5, 0.6) is 0 Å². The van der Waals surface area contributed by atoms with Crippen LogP contribution in [0.15, 0.2) is 12.1 Å². The van der Waals surface area contributed by atoms with Crippen molar-refractivity contribution >= 4 is 17.3 Å². The molecule has 0 amide bonds. The van der Waals surface area contributed by atoms with Gasteiger partial charge >= 0.3 is 5.97 Å². The Hall–Kier alpha value is -0.870. The lowest BCUT2D eigenvalue weighted by atomic mass is 9.95. The van der Waals surface area contributed by atoms with Crippen molar-refractivity contribution in [3.63, 3.8) is 0 Å². The molecule has 1 aromatic rings. The van der Waals surface area contributed by atoms with Crippen LogP contribution in [0.25, 0.3) is 0 Å². The summed E-state index contributed by atoms with van der Waals surface area (Å²) < 4.78 is 4.82. The second kappa shape index (κ2) is 6.53. The van der Waals surface area contributed by atoms with Crippen LogP contribution in [-0.2, 0) is 21.5 Å². The third kappa shape index (κ3) is 4.62. The number of carbonyl (C=O) groups is 1. The van der Waals surface area contributed by atoms with Crippen molar-refractivity contribution in [2.75, 3.05) is 7.11 Å². The molecule has 0 aliphatic rings. The average Bonchev–Trinajstić information content (AvgIpc) is 2.76. The van der Waals surface area contributed by atoms with Crippen LogP contribution in [0.4, 0.5) is 0 Å². The zero-order chi connectivity index (χ0) is 14.6. The first kappa shape index (κ1) is 16.2. The molecule has 0 bridgehead atoms. The lowest BCUT2D eigenvalue weighted by Gasteiger charge is -2.19. The van der Waals surface area contributed by atoms with E-state index in [9.17, 15) is 4.79 Å². The van der Waals surface area contributed by atoms with Crippen LogP contribution in [0, 0.1) is 5.92 Å². The van der Waals surface area contributed by atoms with E-state index in [1.807, 2.05) is 13.8 Å². The fourth-order valence-corrected chi connectivity index (χ4v) is 2.82. The number of thiophene rings is 1. The standard InChI is InChI=1S/C15H25NO2S/c1-10(2)13(14(17)18-6)16-9-11-7-8-12(19-11)15(3,4)5/h7-8,10,13,16H,9H2,1-6H3. The predicted octanol–water partition coefficient (Wildman–Crippen LogP) is 3.33. The number of esters is 1. The summed E-state index contributed by atoms with van der Waals surface area (Å²) in [5.74, 6) is 0.0251. The summed E-state index contributed by atoms with van der Waals surface area (Å²) in [4.78, 5) is 14.3. The largest absolute Gasteiger partial charge is 0.468 e. The Bertz CT molecular complexity index is 418. The van der Waals surface area contributed by atoms with Gasteiger partial charge in [0.15, 0.2) is 0 Å². The van der Waals surface area contributed by atoms with E-state index in [0.717, 1.165) is 0 Å². The first-order chi connectivity index (χ1) is 8.75. The quantitative estimate of drug-likeness (QED) is 0.842. The maximum atomic E-state index is 11.7. The van der Waals surface area contributed by atoms with Gasteiger partial charge in [-0.1, -0.05) is 34.6 Å². The lowest BCUT2D eigenvalue weighted by molar-refractivity contribution is -0.144.